The van der Waals surface area contributed by atoms with Gasteiger partial charge in [-0.2, -0.15) is 10.1 Å². The molecule has 0 spiro atoms. The van der Waals surface area contributed by atoms with E-state index in [2.05, 4.69) is 30.8 Å². The molecule has 0 aliphatic carbocycles. The van der Waals surface area contributed by atoms with Gasteiger partial charge < -0.3 is 20.1 Å². The van der Waals surface area contributed by atoms with Gasteiger partial charge in [-0.3, -0.25) is 4.98 Å². The summed E-state index contributed by atoms with van der Waals surface area (Å²) in [5.41, 5.74) is 1.87. The fourth-order valence-corrected chi connectivity index (χ4v) is 2.24. The zero-order chi connectivity index (χ0) is 16.2. The molecule has 0 unspecified atom stereocenters. The molecule has 8 heteroatoms. The molecule has 2 N–H and O–H groups in total. The van der Waals surface area contributed by atoms with Crippen molar-refractivity contribution in [1.29, 1.82) is 0 Å². The van der Waals surface area contributed by atoms with Crippen molar-refractivity contribution in [1.82, 2.24) is 20.2 Å². The van der Waals surface area contributed by atoms with Gasteiger partial charge in [-0.15, -0.1) is 5.10 Å². The summed E-state index contributed by atoms with van der Waals surface area (Å²) in [5, 5.41) is 14.2. The quantitative estimate of drug-likeness (QED) is 0.739. The number of fused-ring (bicyclic) bond motifs is 1. The molecule has 0 fully saturated rings. The first kappa shape index (κ1) is 14.2. The highest BCUT2D eigenvalue weighted by Gasteiger charge is 2.13. The molecule has 4 rings (SSSR count). The van der Waals surface area contributed by atoms with Gasteiger partial charge >= 0.3 is 0 Å². The van der Waals surface area contributed by atoms with E-state index >= 15 is 0 Å². The van der Waals surface area contributed by atoms with E-state index in [1.54, 1.807) is 18.6 Å². The number of nitrogens with one attached hydrogen (secondary N) is 2. The van der Waals surface area contributed by atoms with E-state index in [-0.39, 0.29) is 6.79 Å². The van der Waals surface area contributed by atoms with Crippen LogP contribution in [0.5, 0.6) is 11.5 Å². The molecule has 1 aliphatic rings. The molecule has 120 valence electrons. The lowest BCUT2D eigenvalue weighted by atomic mass is 10.3. The molecular formula is C16H14N6O2. The molecule has 1 aliphatic heterocycles. The average molecular weight is 322 g/mol. The second-order valence-electron chi connectivity index (χ2n) is 5.07. The number of benzene rings is 1. The standard InChI is InChI=1S/C16H14N6O2/c1-2-11(7-17-5-1)8-18-16-21-15(9-19-22-16)20-12-3-4-13-14(6-12)24-10-23-13/h1-7,9H,8,10H2,(H2,18,20,21,22). The molecular weight excluding hydrogens is 308 g/mol. The number of aromatic nitrogens is 4. The molecule has 0 bridgehead atoms. The zero-order valence-corrected chi connectivity index (χ0v) is 12.6. The lowest BCUT2D eigenvalue weighted by molar-refractivity contribution is 0.174. The summed E-state index contributed by atoms with van der Waals surface area (Å²) >= 11 is 0. The van der Waals surface area contributed by atoms with Crippen molar-refractivity contribution >= 4 is 17.5 Å². The molecule has 3 heterocycles. The summed E-state index contributed by atoms with van der Waals surface area (Å²) in [4.78, 5) is 8.46. The molecule has 0 saturated carbocycles. The molecule has 0 saturated heterocycles. The third kappa shape index (κ3) is 3.17. The molecule has 0 amide bonds. The van der Waals surface area contributed by atoms with Gasteiger partial charge in [-0.05, 0) is 23.8 Å². The van der Waals surface area contributed by atoms with Crippen LogP contribution in [0.25, 0.3) is 0 Å². The van der Waals surface area contributed by atoms with Crippen LogP contribution in [0.2, 0.25) is 0 Å². The van der Waals surface area contributed by atoms with Gasteiger partial charge in [0.05, 0.1) is 6.20 Å². The second kappa shape index (κ2) is 6.37. The van der Waals surface area contributed by atoms with Crippen molar-refractivity contribution in [2.45, 2.75) is 6.54 Å². The normalized spacial score (nSPS) is 12.0. The lowest BCUT2D eigenvalue weighted by Crippen LogP contribution is -2.06. The first-order valence-corrected chi connectivity index (χ1v) is 7.36. The highest BCUT2D eigenvalue weighted by Crippen LogP contribution is 2.34. The van der Waals surface area contributed by atoms with Crippen LogP contribution >= 0.6 is 0 Å². The predicted molar refractivity (Wildman–Crippen MR) is 87.2 cm³/mol. The highest BCUT2D eigenvalue weighted by atomic mass is 16.7. The van der Waals surface area contributed by atoms with Gasteiger partial charge in [0, 0.05) is 30.7 Å². The third-order valence-corrected chi connectivity index (χ3v) is 3.38. The Hall–Kier alpha value is -3.42. The maximum absolute atomic E-state index is 5.36. The number of anilines is 3. The largest absolute Gasteiger partial charge is 0.454 e. The maximum Gasteiger partial charge on any atom is 0.244 e. The predicted octanol–water partition coefficient (Wildman–Crippen LogP) is 2.35. The van der Waals surface area contributed by atoms with Gasteiger partial charge in [0.1, 0.15) is 0 Å². The Morgan fingerprint density at radius 2 is 2.04 bits per heavy atom. The van der Waals surface area contributed by atoms with Crippen molar-refractivity contribution in [3.8, 4) is 11.5 Å². The first-order chi connectivity index (χ1) is 11.9. The Labute approximate surface area is 137 Å². The molecule has 0 radical (unpaired) electrons. The Kier molecular flexibility index (Phi) is 3.77. The summed E-state index contributed by atoms with van der Waals surface area (Å²) < 4.78 is 10.7. The van der Waals surface area contributed by atoms with E-state index in [1.807, 2.05) is 30.3 Å². The van der Waals surface area contributed by atoms with Crippen molar-refractivity contribution in [2.24, 2.45) is 0 Å². The third-order valence-electron chi connectivity index (χ3n) is 3.38. The van der Waals surface area contributed by atoms with Crippen LogP contribution in [0.1, 0.15) is 5.56 Å². The number of rotatable bonds is 5. The van der Waals surface area contributed by atoms with E-state index in [1.165, 1.54) is 0 Å². The van der Waals surface area contributed by atoms with Gasteiger partial charge in [0.25, 0.3) is 0 Å². The van der Waals surface area contributed by atoms with Crippen LogP contribution in [0, 0.1) is 0 Å². The fourth-order valence-electron chi connectivity index (χ4n) is 2.24. The van der Waals surface area contributed by atoms with Crippen LogP contribution in [-0.4, -0.2) is 27.0 Å². The van der Waals surface area contributed by atoms with Crippen molar-refractivity contribution < 1.29 is 9.47 Å². The Bertz CT molecular complexity index is 843. The van der Waals surface area contributed by atoms with Crippen LogP contribution in [0.3, 0.4) is 0 Å². The minimum atomic E-state index is 0.246. The van der Waals surface area contributed by atoms with E-state index < -0.39 is 0 Å². The van der Waals surface area contributed by atoms with Crippen LogP contribution in [-0.2, 0) is 6.54 Å². The summed E-state index contributed by atoms with van der Waals surface area (Å²) in [6.45, 7) is 0.819. The molecule has 1 aromatic carbocycles. The summed E-state index contributed by atoms with van der Waals surface area (Å²) in [7, 11) is 0. The van der Waals surface area contributed by atoms with E-state index in [0.29, 0.717) is 24.1 Å². The Balaban J connectivity index is 1.44. The first-order valence-electron chi connectivity index (χ1n) is 7.36. The van der Waals surface area contributed by atoms with Crippen molar-refractivity contribution in [2.75, 3.05) is 17.4 Å². The van der Waals surface area contributed by atoms with Crippen molar-refractivity contribution in [3.05, 3.63) is 54.5 Å². The monoisotopic (exact) mass is 322 g/mol. The second-order valence-corrected chi connectivity index (χ2v) is 5.07. The number of pyridine rings is 1. The van der Waals surface area contributed by atoms with Crippen LogP contribution in [0.4, 0.5) is 17.5 Å². The highest BCUT2D eigenvalue weighted by molar-refractivity contribution is 5.61. The summed E-state index contributed by atoms with van der Waals surface area (Å²) in [5.74, 6) is 2.46. The zero-order valence-electron chi connectivity index (χ0n) is 12.6. The number of hydrogen-bond donors (Lipinski definition) is 2. The number of hydrogen-bond acceptors (Lipinski definition) is 8. The minimum absolute atomic E-state index is 0.246. The topological polar surface area (TPSA) is 94.1 Å². The van der Waals surface area contributed by atoms with Crippen LogP contribution in [0.15, 0.2) is 48.9 Å². The molecule has 3 aromatic rings. The fraction of sp³-hybridized carbons (Fsp3) is 0.125. The number of ether oxygens (including phenoxy) is 2. The maximum atomic E-state index is 5.36. The van der Waals surface area contributed by atoms with E-state index in [9.17, 15) is 0 Å². The van der Waals surface area contributed by atoms with Crippen molar-refractivity contribution in [3.63, 3.8) is 0 Å². The van der Waals surface area contributed by atoms with E-state index in [4.69, 9.17) is 9.47 Å². The van der Waals surface area contributed by atoms with E-state index in [0.717, 1.165) is 17.0 Å². The van der Waals surface area contributed by atoms with Gasteiger partial charge in [0.15, 0.2) is 17.3 Å². The molecule has 8 nitrogen and oxygen atoms in total. The SMILES string of the molecule is c1cncc(CNc2nncc(Nc3ccc4c(c3)OCO4)n2)c1. The Morgan fingerprint density at radius 3 is 2.96 bits per heavy atom. The summed E-state index contributed by atoms with van der Waals surface area (Å²) in [6, 6.07) is 9.45. The Morgan fingerprint density at radius 1 is 1.08 bits per heavy atom. The summed E-state index contributed by atoms with van der Waals surface area (Å²) in [6.07, 6.45) is 5.08. The average Bonchev–Trinajstić information content (AvgIpc) is 3.09. The smallest absolute Gasteiger partial charge is 0.244 e. The molecule has 24 heavy (non-hydrogen) atoms. The minimum Gasteiger partial charge on any atom is -0.454 e. The van der Waals surface area contributed by atoms with Crippen LogP contribution < -0.4 is 20.1 Å². The number of nitrogens with zero attached hydrogens (tertiary/aromatic N) is 4. The van der Waals surface area contributed by atoms with Gasteiger partial charge in [-0.25, -0.2) is 0 Å². The molecule has 0 atom stereocenters. The van der Waals surface area contributed by atoms with Gasteiger partial charge in [-0.1, -0.05) is 6.07 Å². The lowest BCUT2D eigenvalue weighted by Gasteiger charge is -2.08. The van der Waals surface area contributed by atoms with Gasteiger partial charge in [0.2, 0.25) is 12.7 Å². The molecule has 2 aromatic heterocycles.